The molecule has 0 spiro atoms. The van der Waals surface area contributed by atoms with Crippen molar-refractivity contribution in [3.63, 3.8) is 0 Å². The Labute approximate surface area is 171 Å². The van der Waals surface area contributed by atoms with E-state index in [1.807, 2.05) is 65.7 Å². The Hall–Kier alpha value is -2.72. The SMILES string of the molecule is CCCN(Cc1cccn1Cc1cccc(Cl)c1)C(=O)COc1ccccc1. The van der Waals surface area contributed by atoms with E-state index in [4.69, 9.17) is 16.3 Å². The highest BCUT2D eigenvalue weighted by Gasteiger charge is 2.16. The van der Waals surface area contributed by atoms with Gasteiger partial charge in [0.15, 0.2) is 6.61 Å². The zero-order valence-corrected chi connectivity index (χ0v) is 16.8. The minimum absolute atomic E-state index is 0.0128. The van der Waals surface area contributed by atoms with Crippen LogP contribution in [0.4, 0.5) is 0 Å². The fraction of sp³-hybridized carbons (Fsp3) is 0.261. The van der Waals surface area contributed by atoms with Crippen LogP contribution in [-0.2, 0) is 17.9 Å². The maximum absolute atomic E-state index is 12.7. The number of hydrogen-bond acceptors (Lipinski definition) is 2. The number of nitrogens with zero attached hydrogens (tertiary/aromatic N) is 2. The third-order valence-corrected chi connectivity index (χ3v) is 4.71. The molecule has 0 fully saturated rings. The summed E-state index contributed by atoms with van der Waals surface area (Å²) in [6.45, 7) is 4.08. The largest absolute Gasteiger partial charge is 0.484 e. The van der Waals surface area contributed by atoms with Gasteiger partial charge in [-0.2, -0.15) is 0 Å². The van der Waals surface area contributed by atoms with Crippen molar-refractivity contribution in [2.45, 2.75) is 26.4 Å². The van der Waals surface area contributed by atoms with E-state index < -0.39 is 0 Å². The summed E-state index contributed by atoms with van der Waals surface area (Å²) in [6.07, 6.45) is 2.93. The van der Waals surface area contributed by atoms with Crippen molar-refractivity contribution >= 4 is 17.5 Å². The van der Waals surface area contributed by atoms with E-state index in [9.17, 15) is 4.79 Å². The molecule has 0 saturated heterocycles. The van der Waals surface area contributed by atoms with Crippen molar-refractivity contribution in [1.29, 1.82) is 0 Å². The molecule has 1 heterocycles. The molecule has 0 aliphatic carbocycles. The van der Waals surface area contributed by atoms with Gasteiger partial charge < -0.3 is 14.2 Å². The number of aromatic nitrogens is 1. The lowest BCUT2D eigenvalue weighted by Crippen LogP contribution is -2.35. The summed E-state index contributed by atoms with van der Waals surface area (Å²) in [5, 5.41) is 0.729. The van der Waals surface area contributed by atoms with Gasteiger partial charge >= 0.3 is 0 Å². The number of para-hydroxylation sites is 1. The fourth-order valence-corrected chi connectivity index (χ4v) is 3.30. The van der Waals surface area contributed by atoms with Crippen LogP contribution in [0.2, 0.25) is 5.02 Å². The molecule has 3 rings (SSSR count). The number of carbonyl (C=O) groups is 1. The van der Waals surface area contributed by atoms with Gasteiger partial charge in [-0.25, -0.2) is 0 Å². The molecule has 0 aliphatic heterocycles. The lowest BCUT2D eigenvalue weighted by Gasteiger charge is -2.23. The third kappa shape index (κ3) is 5.64. The summed E-state index contributed by atoms with van der Waals surface area (Å²) in [5.74, 6) is 0.692. The van der Waals surface area contributed by atoms with Gasteiger partial charge in [0.25, 0.3) is 5.91 Å². The van der Waals surface area contributed by atoms with Gasteiger partial charge in [0.1, 0.15) is 5.75 Å². The van der Waals surface area contributed by atoms with Crippen LogP contribution in [0.25, 0.3) is 0 Å². The number of rotatable bonds is 9. The summed E-state index contributed by atoms with van der Waals surface area (Å²) in [7, 11) is 0. The van der Waals surface area contributed by atoms with Crippen LogP contribution in [0.15, 0.2) is 72.9 Å². The molecule has 0 atom stereocenters. The maximum atomic E-state index is 12.7. The second-order valence-corrected chi connectivity index (χ2v) is 7.11. The quantitative estimate of drug-likeness (QED) is 0.509. The van der Waals surface area contributed by atoms with Crippen molar-refractivity contribution in [3.8, 4) is 5.75 Å². The van der Waals surface area contributed by atoms with Crippen LogP contribution in [0.3, 0.4) is 0 Å². The molecular weight excluding hydrogens is 372 g/mol. The van der Waals surface area contributed by atoms with Crippen molar-refractivity contribution in [1.82, 2.24) is 9.47 Å². The molecule has 0 saturated carbocycles. The third-order valence-electron chi connectivity index (χ3n) is 4.47. The summed E-state index contributed by atoms with van der Waals surface area (Å²) < 4.78 is 7.79. The van der Waals surface area contributed by atoms with Gasteiger partial charge in [-0.1, -0.05) is 48.9 Å². The fourth-order valence-electron chi connectivity index (χ4n) is 3.09. The molecule has 4 nitrogen and oxygen atoms in total. The molecule has 1 amide bonds. The number of carbonyl (C=O) groups excluding carboxylic acids is 1. The van der Waals surface area contributed by atoms with E-state index in [-0.39, 0.29) is 12.5 Å². The Kier molecular flexibility index (Phi) is 7.15. The number of benzene rings is 2. The van der Waals surface area contributed by atoms with Crippen molar-refractivity contribution in [2.75, 3.05) is 13.2 Å². The first-order valence-corrected chi connectivity index (χ1v) is 9.87. The van der Waals surface area contributed by atoms with E-state index in [0.29, 0.717) is 18.8 Å². The first-order chi connectivity index (χ1) is 13.7. The normalized spacial score (nSPS) is 10.6. The zero-order chi connectivity index (χ0) is 19.8. The Morgan fingerprint density at radius 3 is 2.64 bits per heavy atom. The van der Waals surface area contributed by atoms with E-state index in [1.54, 1.807) is 0 Å². The minimum atomic E-state index is -0.0128. The van der Waals surface area contributed by atoms with Crippen LogP contribution in [0, 0.1) is 0 Å². The van der Waals surface area contributed by atoms with Crippen LogP contribution >= 0.6 is 11.6 Å². The Balaban J connectivity index is 1.65. The standard InChI is InChI=1S/C23H25ClN2O2/c1-2-13-26(23(27)18-28-22-11-4-3-5-12-22)17-21-10-7-14-25(21)16-19-8-6-9-20(24)15-19/h3-12,14-15H,2,13,16-18H2,1H3. The van der Waals surface area contributed by atoms with E-state index in [2.05, 4.69) is 23.6 Å². The Morgan fingerprint density at radius 2 is 1.89 bits per heavy atom. The molecule has 0 aliphatic rings. The lowest BCUT2D eigenvalue weighted by molar-refractivity contribution is -0.134. The Bertz CT molecular complexity index is 892. The molecule has 2 aromatic carbocycles. The second kappa shape index (κ2) is 10.00. The number of hydrogen-bond donors (Lipinski definition) is 0. The van der Waals surface area contributed by atoms with Gasteiger partial charge in [0.05, 0.1) is 6.54 Å². The molecular formula is C23H25ClN2O2. The van der Waals surface area contributed by atoms with Crippen LogP contribution in [0.5, 0.6) is 5.75 Å². The highest BCUT2D eigenvalue weighted by molar-refractivity contribution is 6.30. The minimum Gasteiger partial charge on any atom is -0.484 e. The van der Waals surface area contributed by atoms with Gasteiger partial charge in [0, 0.05) is 30.0 Å². The second-order valence-electron chi connectivity index (χ2n) is 6.67. The average molecular weight is 397 g/mol. The van der Waals surface area contributed by atoms with Crippen molar-refractivity contribution in [2.24, 2.45) is 0 Å². The number of ether oxygens (including phenoxy) is 1. The molecule has 5 heteroatoms. The van der Waals surface area contributed by atoms with E-state index in [1.165, 1.54) is 0 Å². The summed E-state index contributed by atoms with van der Waals surface area (Å²) in [5.41, 5.74) is 2.22. The van der Waals surface area contributed by atoms with Crippen LogP contribution < -0.4 is 4.74 Å². The molecule has 0 N–H and O–H groups in total. The van der Waals surface area contributed by atoms with Crippen molar-refractivity contribution < 1.29 is 9.53 Å². The molecule has 28 heavy (non-hydrogen) atoms. The molecule has 1 aromatic heterocycles. The molecule has 0 bridgehead atoms. The predicted molar refractivity (Wildman–Crippen MR) is 113 cm³/mol. The average Bonchev–Trinajstić information content (AvgIpc) is 3.13. The first kappa shape index (κ1) is 20.0. The van der Waals surface area contributed by atoms with Crippen molar-refractivity contribution in [3.05, 3.63) is 89.2 Å². The molecule has 3 aromatic rings. The van der Waals surface area contributed by atoms with Crippen LogP contribution in [0.1, 0.15) is 24.6 Å². The van der Waals surface area contributed by atoms with Gasteiger partial charge in [0.2, 0.25) is 0 Å². The molecule has 146 valence electrons. The van der Waals surface area contributed by atoms with E-state index in [0.717, 1.165) is 29.2 Å². The number of halogens is 1. The highest BCUT2D eigenvalue weighted by Crippen LogP contribution is 2.15. The monoisotopic (exact) mass is 396 g/mol. The van der Waals surface area contributed by atoms with Gasteiger partial charge in [-0.15, -0.1) is 0 Å². The zero-order valence-electron chi connectivity index (χ0n) is 16.1. The Morgan fingerprint density at radius 1 is 1.07 bits per heavy atom. The first-order valence-electron chi connectivity index (χ1n) is 9.50. The van der Waals surface area contributed by atoms with Crippen LogP contribution in [-0.4, -0.2) is 28.5 Å². The molecule has 0 unspecified atom stereocenters. The number of amides is 1. The lowest BCUT2D eigenvalue weighted by atomic mass is 10.2. The molecule has 0 radical (unpaired) electrons. The topological polar surface area (TPSA) is 34.5 Å². The summed E-state index contributed by atoms with van der Waals surface area (Å²) in [4.78, 5) is 14.6. The van der Waals surface area contributed by atoms with Gasteiger partial charge in [-0.3, -0.25) is 4.79 Å². The van der Waals surface area contributed by atoms with Gasteiger partial charge in [-0.05, 0) is 48.4 Å². The summed E-state index contributed by atoms with van der Waals surface area (Å²) in [6, 6.07) is 21.3. The summed E-state index contributed by atoms with van der Waals surface area (Å²) >= 11 is 6.10. The predicted octanol–water partition coefficient (Wildman–Crippen LogP) is 5.01. The van der Waals surface area contributed by atoms with E-state index >= 15 is 0 Å². The maximum Gasteiger partial charge on any atom is 0.260 e. The highest BCUT2D eigenvalue weighted by atomic mass is 35.5. The smallest absolute Gasteiger partial charge is 0.260 e.